The summed E-state index contributed by atoms with van der Waals surface area (Å²) in [4.78, 5) is 25.2. The Bertz CT molecular complexity index is 258. The first-order valence-corrected chi connectivity index (χ1v) is 6.96. The smallest absolute Gasteiger partial charge is 0.242 e. The first-order valence-electron chi connectivity index (χ1n) is 5.83. The van der Waals surface area contributed by atoms with Crippen LogP contribution in [0.2, 0.25) is 0 Å². The van der Waals surface area contributed by atoms with Gasteiger partial charge in [0.05, 0.1) is 0 Å². The van der Waals surface area contributed by atoms with Crippen molar-refractivity contribution in [2.24, 2.45) is 0 Å². The van der Waals surface area contributed by atoms with Crippen LogP contribution in [0, 0.1) is 0 Å². The van der Waals surface area contributed by atoms with E-state index in [1.807, 2.05) is 6.92 Å². The number of nitrogens with zero attached hydrogens (tertiary/aromatic N) is 1. The number of halogens is 1. The molecular formula is C11H19BrN2O2. The third-order valence-corrected chi connectivity index (χ3v) is 3.37. The molecule has 1 rings (SSSR count). The van der Waals surface area contributed by atoms with Gasteiger partial charge in [-0.3, -0.25) is 9.59 Å². The second-order valence-electron chi connectivity index (χ2n) is 3.95. The van der Waals surface area contributed by atoms with Crippen LogP contribution in [0.5, 0.6) is 0 Å². The molecule has 0 spiro atoms. The Morgan fingerprint density at radius 2 is 2.31 bits per heavy atom. The molecule has 2 amide bonds. The van der Waals surface area contributed by atoms with E-state index in [0.29, 0.717) is 25.9 Å². The average molecular weight is 291 g/mol. The fourth-order valence-corrected chi connectivity index (χ4v) is 2.33. The van der Waals surface area contributed by atoms with Gasteiger partial charge in [0.2, 0.25) is 11.8 Å². The standard InChI is InChI=1S/C11H19BrN2O2/c1-2-9-11(16)13-7-8-14(9)10(15)5-3-4-6-12/h9H,2-8H2,1H3,(H,13,16). The summed E-state index contributed by atoms with van der Waals surface area (Å²) in [5.41, 5.74) is 0. The summed E-state index contributed by atoms with van der Waals surface area (Å²) < 4.78 is 0. The molecule has 1 saturated heterocycles. The molecule has 92 valence electrons. The SMILES string of the molecule is CCC1C(=O)NCCN1C(=O)CCCCBr. The normalized spacial score (nSPS) is 20.8. The lowest BCUT2D eigenvalue weighted by molar-refractivity contribution is -0.143. The van der Waals surface area contributed by atoms with Crippen LogP contribution >= 0.6 is 15.9 Å². The van der Waals surface area contributed by atoms with Gasteiger partial charge in [-0.15, -0.1) is 0 Å². The van der Waals surface area contributed by atoms with E-state index < -0.39 is 0 Å². The Morgan fingerprint density at radius 1 is 1.56 bits per heavy atom. The molecule has 1 unspecified atom stereocenters. The Hall–Kier alpha value is -0.580. The number of nitrogens with one attached hydrogen (secondary N) is 1. The van der Waals surface area contributed by atoms with E-state index in [4.69, 9.17) is 0 Å². The molecule has 1 heterocycles. The van der Waals surface area contributed by atoms with E-state index in [1.165, 1.54) is 0 Å². The molecule has 0 aliphatic carbocycles. The van der Waals surface area contributed by atoms with Gasteiger partial charge in [0, 0.05) is 24.8 Å². The average Bonchev–Trinajstić information content (AvgIpc) is 2.29. The van der Waals surface area contributed by atoms with Crippen molar-refractivity contribution in [2.75, 3.05) is 18.4 Å². The number of hydrogen-bond acceptors (Lipinski definition) is 2. The van der Waals surface area contributed by atoms with Gasteiger partial charge in [-0.2, -0.15) is 0 Å². The summed E-state index contributed by atoms with van der Waals surface area (Å²) in [6.07, 6.45) is 3.13. The van der Waals surface area contributed by atoms with Crippen molar-refractivity contribution in [3.8, 4) is 0 Å². The van der Waals surface area contributed by atoms with Gasteiger partial charge in [0.1, 0.15) is 6.04 Å². The number of rotatable bonds is 5. The number of alkyl halides is 1. The number of carbonyl (C=O) groups is 2. The van der Waals surface area contributed by atoms with E-state index in [-0.39, 0.29) is 17.9 Å². The second kappa shape index (κ2) is 6.89. The lowest BCUT2D eigenvalue weighted by Crippen LogP contribution is -2.56. The number of unbranched alkanes of at least 4 members (excludes halogenated alkanes) is 1. The largest absolute Gasteiger partial charge is 0.353 e. The zero-order chi connectivity index (χ0) is 12.0. The summed E-state index contributed by atoms with van der Waals surface area (Å²) in [7, 11) is 0. The molecule has 0 aromatic carbocycles. The molecule has 5 heteroatoms. The maximum absolute atomic E-state index is 11.9. The van der Waals surface area contributed by atoms with Crippen molar-refractivity contribution in [1.29, 1.82) is 0 Å². The number of piperazine rings is 1. The van der Waals surface area contributed by atoms with E-state index in [9.17, 15) is 9.59 Å². The molecule has 0 aromatic heterocycles. The van der Waals surface area contributed by atoms with Crippen LogP contribution in [0.1, 0.15) is 32.6 Å². The van der Waals surface area contributed by atoms with E-state index in [1.54, 1.807) is 4.90 Å². The zero-order valence-corrected chi connectivity index (χ0v) is 11.3. The molecule has 1 aliphatic rings. The van der Waals surface area contributed by atoms with Gasteiger partial charge < -0.3 is 10.2 Å². The van der Waals surface area contributed by atoms with Gasteiger partial charge in [-0.05, 0) is 19.3 Å². The molecule has 4 nitrogen and oxygen atoms in total. The molecule has 0 saturated carbocycles. The first-order chi connectivity index (χ1) is 7.70. The fraction of sp³-hybridized carbons (Fsp3) is 0.818. The van der Waals surface area contributed by atoms with Gasteiger partial charge >= 0.3 is 0 Å². The number of amides is 2. The third-order valence-electron chi connectivity index (χ3n) is 2.81. The minimum Gasteiger partial charge on any atom is -0.353 e. The minimum absolute atomic E-state index is 0.0115. The third kappa shape index (κ3) is 3.47. The molecule has 1 N–H and O–H groups in total. The van der Waals surface area contributed by atoms with E-state index in [2.05, 4.69) is 21.2 Å². The zero-order valence-electron chi connectivity index (χ0n) is 9.67. The molecular weight excluding hydrogens is 272 g/mol. The van der Waals surface area contributed by atoms with Crippen LogP contribution in [-0.4, -0.2) is 41.2 Å². The second-order valence-corrected chi connectivity index (χ2v) is 4.74. The van der Waals surface area contributed by atoms with Crippen LogP contribution in [-0.2, 0) is 9.59 Å². The Kier molecular flexibility index (Phi) is 5.80. The van der Waals surface area contributed by atoms with Crippen LogP contribution in [0.25, 0.3) is 0 Å². The molecule has 0 bridgehead atoms. The summed E-state index contributed by atoms with van der Waals surface area (Å²) >= 11 is 3.34. The highest BCUT2D eigenvalue weighted by Gasteiger charge is 2.30. The van der Waals surface area contributed by atoms with Crippen molar-refractivity contribution in [1.82, 2.24) is 10.2 Å². The van der Waals surface area contributed by atoms with Gasteiger partial charge in [-0.1, -0.05) is 22.9 Å². The van der Waals surface area contributed by atoms with E-state index >= 15 is 0 Å². The van der Waals surface area contributed by atoms with Crippen molar-refractivity contribution in [3.63, 3.8) is 0 Å². The maximum atomic E-state index is 11.9. The van der Waals surface area contributed by atoms with Crippen LogP contribution in [0.15, 0.2) is 0 Å². The van der Waals surface area contributed by atoms with E-state index in [0.717, 1.165) is 18.2 Å². The number of hydrogen-bond donors (Lipinski definition) is 1. The molecule has 1 atom stereocenters. The quantitative estimate of drug-likeness (QED) is 0.613. The fourth-order valence-electron chi connectivity index (χ4n) is 1.93. The highest BCUT2D eigenvalue weighted by Crippen LogP contribution is 2.12. The summed E-state index contributed by atoms with van der Waals surface area (Å²) in [6, 6.07) is -0.259. The van der Waals surface area contributed by atoms with Gasteiger partial charge in [0.25, 0.3) is 0 Å². The summed E-state index contributed by atoms with van der Waals surface area (Å²) in [5.74, 6) is 0.102. The van der Waals surface area contributed by atoms with Crippen LogP contribution < -0.4 is 5.32 Å². The molecule has 1 aliphatic heterocycles. The maximum Gasteiger partial charge on any atom is 0.242 e. The lowest BCUT2D eigenvalue weighted by atomic mass is 10.1. The highest BCUT2D eigenvalue weighted by molar-refractivity contribution is 9.09. The Labute approximate surface area is 105 Å². The topological polar surface area (TPSA) is 49.4 Å². The van der Waals surface area contributed by atoms with Crippen LogP contribution in [0.4, 0.5) is 0 Å². The van der Waals surface area contributed by atoms with Gasteiger partial charge in [-0.25, -0.2) is 0 Å². The first kappa shape index (κ1) is 13.5. The Balaban J connectivity index is 2.48. The monoisotopic (exact) mass is 290 g/mol. The molecule has 1 fully saturated rings. The summed E-state index contributed by atoms with van der Waals surface area (Å²) in [5, 5.41) is 3.72. The molecule has 16 heavy (non-hydrogen) atoms. The van der Waals surface area contributed by atoms with Crippen molar-refractivity contribution < 1.29 is 9.59 Å². The number of carbonyl (C=O) groups excluding carboxylic acids is 2. The predicted octanol–water partition coefficient (Wildman–Crippen LogP) is 1.29. The molecule has 0 radical (unpaired) electrons. The lowest BCUT2D eigenvalue weighted by Gasteiger charge is -2.34. The molecule has 0 aromatic rings. The van der Waals surface area contributed by atoms with Gasteiger partial charge in [0.15, 0.2) is 0 Å². The predicted molar refractivity (Wildman–Crippen MR) is 66.4 cm³/mol. The van der Waals surface area contributed by atoms with Crippen molar-refractivity contribution in [2.45, 2.75) is 38.6 Å². The van der Waals surface area contributed by atoms with Crippen LogP contribution in [0.3, 0.4) is 0 Å². The van der Waals surface area contributed by atoms with Crippen molar-refractivity contribution in [3.05, 3.63) is 0 Å². The highest BCUT2D eigenvalue weighted by atomic mass is 79.9. The minimum atomic E-state index is -0.259. The summed E-state index contributed by atoms with van der Waals surface area (Å²) in [6.45, 7) is 3.17. The van der Waals surface area contributed by atoms with Crippen molar-refractivity contribution >= 4 is 27.7 Å². The Morgan fingerprint density at radius 3 is 2.94 bits per heavy atom.